The number of benzene rings is 1. The summed E-state index contributed by atoms with van der Waals surface area (Å²) in [7, 11) is 0. The molecular weight excluding hydrogens is 765 g/mol. The third kappa shape index (κ3) is 23.3. The van der Waals surface area contributed by atoms with Crippen LogP contribution in [-0.4, -0.2) is 106 Å². The molecular formula is C48H86N2O10. The van der Waals surface area contributed by atoms with Gasteiger partial charge in [0.15, 0.2) is 6.29 Å². The monoisotopic (exact) mass is 851 g/mol. The summed E-state index contributed by atoms with van der Waals surface area (Å²) < 4.78 is 17.8. The van der Waals surface area contributed by atoms with E-state index in [1.54, 1.807) is 0 Å². The zero-order chi connectivity index (χ0) is 44.0. The van der Waals surface area contributed by atoms with E-state index in [9.17, 15) is 35.1 Å². The second kappa shape index (κ2) is 32.5. The Morgan fingerprint density at radius 1 is 0.733 bits per heavy atom. The molecule has 12 nitrogen and oxygen atoms in total. The van der Waals surface area contributed by atoms with Gasteiger partial charge in [0.05, 0.1) is 32.0 Å². The van der Waals surface area contributed by atoms with E-state index in [-0.39, 0.29) is 36.9 Å². The van der Waals surface area contributed by atoms with Crippen LogP contribution in [-0.2, 0) is 30.4 Å². The first-order valence-electron chi connectivity index (χ1n) is 23.7. The normalized spacial score (nSPS) is 21.1. The number of hydrogen-bond donors (Lipinski definition) is 7. The standard InChI is InChI=1S/C48H86N2O10/c1-5-6-7-8-9-10-11-12-14-17-20-26-31-39(58-35-37-29-24-23-25-30-37)42(53)38(36-59-46-45(56)44(55)43(54)40(34-51)60-46)50-41(52)32-27-21-18-15-13-16-19-22-28-33-49-47(57)48(2,3)4/h23-25,29-30,38-40,42-46,51,53-56H,5-22,26-28,31-36H2,1-4H3,(H,49,57)(H,50,52)/t38-,39+,40?,42-,43-,44-,45?,46-/m0/s1. The Morgan fingerprint density at radius 3 is 1.82 bits per heavy atom. The topological polar surface area (TPSA) is 187 Å². The van der Waals surface area contributed by atoms with Gasteiger partial charge in [-0.2, -0.15) is 0 Å². The number of aliphatic hydroxyl groups excluding tert-OH is 5. The molecule has 0 spiro atoms. The van der Waals surface area contributed by atoms with Gasteiger partial charge in [0, 0.05) is 18.4 Å². The predicted molar refractivity (Wildman–Crippen MR) is 237 cm³/mol. The molecule has 60 heavy (non-hydrogen) atoms. The molecule has 1 aromatic carbocycles. The number of nitrogens with one attached hydrogen (secondary N) is 2. The van der Waals surface area contributed by atoms with E-state index in [4.69, 9.17) is 14.2 Å². The fourth-order valence-electron chi connectivity index (χ4n) is 7.60. The average Bonchev–Trinajstić information content (AvgIpc) is 3.23. The maximum absolute atomic E-state index is 13.4. The van der Waals surface area contributed by atoms with Crippen LogP contribution in [0.15, 0.2) is 30.3 Å². The van der Waals surface area contributed by atoms with Crippen molar-refractivity contribution >= 4 is 11.8 Å². The third-order valence-electron chi connectivity index (χ3n) is 11.6. The lowest BCUT2D eigenvalue weighted by atomic mass is 9.96. The second-order valence-electron chi connectivity index (χ2n) is 18.1. The predicted octanol–water partition coefficient (Wildman–Crippen LogP) is 7.39. The van der Waals surface area contributed by atoms with Crippen LogP contribution < -0.4 is 10.6 Å². The summed E-state index contributed by atoms with van der Waals surface area (Å²) in [4.78, 5) is 25.4. The molecule has 1 saturated heterocycles. The molecule has 0 saturated carbocycles. The van der Waals surface area contributed by atoms with Crippen LogP contribution in [0.25, 0.3) is 0 Å². The Hall–Kier alpha value is -2.16. The molecule has 8 atom stereocenters. The minimum atomic E-state index is -1.61. The number of rotatable bonds is 35. The zero-order valence-corrected chi connectivity index (χ0v) is 37.9. The van der Waals surface area contributed by atoms with Crippen molar-refractivity contribution in [2.24, 2.45) is 5.41 Å². The molecule has 7 N–H and O–H groups in total. The lowest BCUT2D eigenvalue weighted by Gasteiger charge is -2.40. The van der Waals surface area contributed by atoms with Crippen LogP contribution >= 0.6 is 0 Å². The lowest BCUT2D eigenvalue weighted by Crippen LogP contribution is -2.60. The van der Waals surface area contributed by atoms with Gasteiger partial charge in [-0.1, -0.05) is 180 Å². The summed E-state index contributed by atoms with van der Waals surface area (Å²) in [6, 6.07) is 8.81. The molecule has 348 valence electrons. The number of ether oxygens (including phenoxy) is 3. The van der Waals surface area contributed by atoms with E-state index in [0.717, 1.165) is 82.7 Å². The quantitative estimate of drug-likeness (QED) is 0.0340. The summed E-state index contributed by atoms with van der Waals surface area (Å²) in [5.41, 5.74) is 0.603. The molecule has 1 aliphatic rings. The second-order valence-corrected chi connectivity index (χ2v) is 18.1. The Labute approximate surface area is 362 Å². The highest BCUT2D eigenvalue weighted by Gasteiger charge is 2.44. The first-order valence-corrected chi connectivity index (χ1v) is 23.7. The van der Waals surface area contributed by atoms with E-state index in [0.29, 0.717) is 12.8 Å². The van der Waals surface area contributed by atoms with Gasteiger partial charge < -0.3 is 50.4 Å². The number of amides is 2. The number of hydrogen-bond acceptors (Lipinski definition) is 10. The van der Waals surface area contributed by atoms with E-state index in [2.05, 4.69) is 17.6 Å². The van der Waals surface area contributed by atoms with Gasteiger partial charge in [-0.3, -0.25) is 9.59 Å². The van der Waals surface area contributed by atoms with E-state index in [1.807, 2.05) is 51.1 Å². The maximum Gasteiger partial charge on any atom is 0.225 e. The van der Waals surface area contributed by atoms with Crippen LogP contribution in [0.5, 0.6) is 0 Å². The van der Waals surface area contributed by atoms with Crippen molar-refractivity contribution in [1.29, 1.82) is 0 Å². The summed E-state index contributed by atoms with van der Waals surface area (Å²) in [5, 5.41) is 58.8. The van der Waals surface area contributed by atoms with Crippen LogP contribution in [0.3, 0.4) is 0 Å². The highest BCUT2D eigenvalue weighted by Crippen LogP contribution is 2.24. The zero-order valence-electron chi connectivity index (χ0n) is 37.9. The van der Waals surface area contributed by atoms with Gasteiger partial charge >= 0.3 is 0 Å². The Balaban J connectivity index is 1.92. The van der Waals surface area contributed by atoms with Crippen molar-refractivity contribution in [2.45, 2.75) is 231 Å². The van der Waals surface area contributed by atoms with Gasteiger partial charge in [-0.15, -0.1) is 0 Å². The van der Waals surface area contributed by atoms with Crippen molar-refractivity contribution < 1.29 is 49.3 Å². The molecule has 0 bridgehead atoms. The summed E-state index contributed by atoms with van der Waals surface area (Å²) in [6.45, 7) is 8.14. The van der Waals surface area contributed by atoms with Gasteiger partial charge in [0.1, 0.15) is 30.5 Å². The first-order chi connectivity index (χ1) is 28.9. The Morgan fingerprint density at radius 2 is 1.27 bits per heavy atom. The maximum atomic E-state index is 13.4. The number of carbonyl (C=O) groups is 2. The molecule has 2 amide bonds. The van der Waals surface area contributed by atoms with Crippen LogP contribution in [0.2, 0.25) is 0 Å². The molecule has 2 rings (SSSR count). The fraction of sp³-hybridized carbons (Fsp3) is 0.833. The largest absolute Gasteiger partial charge is 0.394 e. The highest BCUT2D eigenvalue weighted by molar-refractivity contribution is 5.81. The number of carbonyl (C=O) groups excluding carboxylic acids is 2. The minimum absolute atomic E-state index is 0.0892. The fourth-order valence-corrected chi connectivity index (χ4v) is 7.60. The van der Waals surface area contributed by atoms with Crippen molar-refractivity contribution in [1.82, 2.24) is 10.6 Å². The molecule has 1 aliphatic heterocycles. The molecule has 2 unspecified atom stereocenters. The molecule has 1 aromatic rings. The van der Waals surface area contributed by atoms with Gasteiger partial charge in [0.2, 0.25) is 11.8 Å². The summed E-state index contributed by atoms with van der Waals surface area (Å²) in [6.07, 6.45) is 15.5. The van der Waals surface area contributed by atoms with Gasteiger partial charge in [-0.05, 0) is 24.8 Å². The van der Waals surface area contributed by atoms with Crippen molar-refractivity contribution in [2.75, 3.05) is 19.8 Å². The average molecular weight is 851 g/mol. The Bertz CT molecular complexity index is 1220. The van der Waals surface area contributed by atoms with E-state index < -0.39 is 55.6 Å². The number of aliphatic hydroxyl groups is 5. The van der Waals surface area contributed by atoms with Crippen LogP contribution in [0, 0.1) is 5.41 Å². The molecule has 0 aromatic heterocycles. The van der Waals surface area contributed by atoms with Crippen molar-refractivity contribution in [3.8, 4) is 0 Å². The lowest BCUT2D eigenvalue weighted by molar-refractivity contribution is -0.303. The number of unbranched alkanes of at least 4 members (excludes halogenated alkanes) is 19. The molecule has 1 heterocycles. The van der Waals surface area contributed by atoms with Crippen LogP contribution in [0.4, 0.5) is 0 Å². The third-order valence-corrected chi connectivity index (χ3v) is 11.6. The van der Waals surface area contributed by atoms with E-state index >= 15 is 0 Å². The van der Waals surface area contributed by atoms with Crippen molar-refractivity contribution in [3.63, 3.8) is 0 Å². The molecule has 12 heteroatoms. The summed E-state index contributed by atoms with van der Waals surface area (Å²) >= 11 is 0. The smallest absolute Gasteiger partial charge is 0.225 e. The highest BCUT2D eigenvalue weighted by atomic mass is 16.7. The molecule has 0 aliphatic carbocycles. The molecule has 1 fully saturated rings. The van der Waals surface area contributed by atoms with Gasteiger partial charge in [0.25, 0.3) is 0 Å². The minimum Gasteiger partial charge on any atom is -0.394 e. The first kappa shape index (κ1) is 54.0. The molecule has 0 radical (unpaired) electrons. The van der Waals surface area contributed by atoms with E-state index in [1.165, 1.54) is 57.8 Å². The SMILES string of the molecule is CCCCCCCCCCCCCC[C@@H](OCc1ccccc1)[C@@H](O)[C@H](CO[C@H]1OC(CO)[C@H](O)[C@H](O)C1O)NC(=O)CCCCCCCCCCCNC(=O)C(C)(C)C. The van der Waals surface area contributed by atoms with Crippen LogP contribution in [0.1, 0.15) is 181 Å². The van der Waals surface area contributed by atoms with Gasteiger partial charge in [-0.25, -0.2) is 0 Å². The Kier molecular flexibility index (Phi) is 29.2. The van der Waals surface area contributed by atoms with Crippen molar-refractivity contribution in [3.05, 3.63) is 35.9 Å². The summed E-state index contributed by atoms with van der Waals surface area (Å²) in [5.74, 6) is -0.145.